The summed E-state index contributed by atoms with van der Waals surface area (Å²) >= 11 is 0. The molecule has 0 saturated heterocycles. The molecule has 0 saturated carbocycles. The lowest BCUT2D eigenvalue weighted by atomic mass is 10.0. The van der Waals surface area contributed by atoms with Crippen LogP contribution in [0.15, 0.2) is 54.6 Å². The van der Waals surface area contributed by atoms with E-state index in [0.29, 0.717) is 19.4 Å². The Morgan fingerprint density at radius 1 is 0.957 bits per heavy atom. The van der Waals surface area contributed by atoms with Gasteiger partial charge in [-0.3, -0.25) is 9.59 Å². The second-order valence-corrected chi connectivity index (χ2v) is 5.55. The van der Waals surface area contributed by atoms with Crippen molar-refractivity contribution < 1.29 is 14.7 Å². The van der Waals surface area contributed by atoms with Crippen LogP contribution < -0.4 is 0 Å². The van der Waals surface area contributed by atoms with Crippen LogP contribution in [-0.4, -0.2) is 35.5 Å². The third-order valence-electron chi connectivity index (χ3n) is 3.73. The van der Waals surface area contributed by atoms with Crippen molar-refractivity contribution in [1.82, 2.24) is 4.90 Å². The Bertz CT molecular complexity index is 650. The van der Waals surface area contributed by atoms with E-state index in [1.807, 2.05) is 42.5 Å². The summed E-state index contributed by atoms with van der Waals surface area (Å²) in [5, 5.41) is 8.62. The Kier molecular flexibility index (Phi) is 5.92. The second-order valence-electron chi connectivity index (χ2n) is 5.55. The number of hydrogen-bond acceptors (Lipinski definition) is 2. The quantitative estimate of drug-likeness (QED) is 0.854. The Morgan fingerprint density at radius 2 is 1.57 bits per heavy atom. The van der Waals surface area contributed by atoms with Gasteiger partial charge >= 0.3 is 5.97 Å². The number of nitrogens with zero attached hydrogens (tertiary/aromatic N) is 1. The standard InChI is InChI=1S/C19H21NO3/c1-20(13-5-8-19(22)23)18(21)14-15-9-11-17(12-10-15)16-6-3-2-4-7-16/h2-4,6-7,9-12H,5,8,13-14H2,1H3,(H,22,23). The number of likely N-dealkylation sites (N-methyl/N-ethyl adjacent to an activating group) is 1. The second kappa shape index (κ2) is 8.13. The summed E-state index contributed by atoms with van der Waals surface area (Å²) in [6.07, 6.45) is 0.895. The van der Waals surface area contributed by atoms with Crippen molar-refractivity contribution in [2.24, 2.45) is 0 Å². The molecule has 0 radical (unpaired) electrons. The number of carboxylic acid groups (broad SMARTS) is 1. The maximum Gasteiger partial charge on any atom is 0.303 e. The van der Waals surface area contributed by atoms with Gasteiger partial charge in [0.15, 0.2) is 0 Å². The highest BCUT2D eigenvalue weighted by Gasteiger charge is 2.10. The van der Waals surface area contributed by atoms with Gasteiger partial charge in [-0.2, -0.15) is 0 Å². The molecule has 0 aliphatic carbocycles. The lowest BCUT2D eigenvalue weighted by Crippen LogP contribution is -2.29. The van der Waals surface area contributed by atoms with Crippen molar-refractivity contribution in [2.45, 2.75) is 19.3 Å². The van der Waals surface area contributed by atoms with Crippen molar-refractivity contribution in [3.05, 3.63) is 60.2 Å². The molecule has 0 heterocycles. The molecule has 0 unspecified atom stereocenters. The Morgan fingerprint density at radius 3 is 2.17 bits per heavy atom. The van der Waals surface area contributed by atoms with Crippen LogP contribution in [0.25, 0.3) is 11.1 Å². The molecule has 120 valence electrons. The maximum atomic E-state index is 12.1. The zero-order valence-electron chi connectivity index (χ0n) is 13.2. The van der Waals surface area contributed by atoms with Gasteiger partial charge in [-0.25, -0.2) is 0 Å². The summed E-state index contributed by atoms with van der Waals surface area (Å²) in [5.41, 5.74) is 3.23. The molecule has 0 spiro atoms. The highest BCUT2D eigenvalue weighted by atomic mass is 16.4. The summed E-state index contributed by atoms with van der Waals surface area (Å²) < 4.78 is 0. The number of carbonyl (C=O) groups is 2. The number of aliphatic carboxylic acids is 1. The van der Waals surface area contributed by atoms with Crippen molar-refractivity contribution in [1.29, 1.82) is 0 Å². The lowest BCUT2D eigenvalue weighted by Gasteiger charge is -2.16. The predicted octanol–water partition coefficient (Wildman–Crippen LogP) is 3.22. The molecule has 2 aromatic carbocycles. The van der Waals surface area contributed by atoms with E-state index in [-0.39, 0.29) is 12.3 Å². The Hall–Kier alpha value is -2.62. The van der Waals surface area contributed by atoms with E-state index < -0.39 is 5.97 Å². The Labute approximate surface area is 136 Å². The Balaban J connectivity index is 1.90. The molecule has 4 heteroatoms. The average Bonchev–Trinajstić information content (AvgIpc) is 2.56. The fourth-order valence-electron chi connectivity index (χ4n) is 2.35. The molecule has 4 nitrogen and oxygen atoms in total. The summed E-state index contributed by atoms with van der Waals surface area (Å²) in [4.78, 5) is 24.2. The zero-order valence-corrected chi connectivity index (χ0v) is 13.2. The molecule has 1 amide bonds. The third-order valence-corrected chi connectivity index (χ3v) is 3.73. The minimum absolute atomic E-state index is 0.00264. The molecule has 0 aromatic heterocycles. The van der Waals surface area contributed by atoms with Crippen LogP contribution in [0.3, 0.4) is 0 Å². The first kappa shape index (κ1) is 16.7. The van der Waals surface area contributed by atoms with Crippen molar-refractivity contribution in [3.8, 4) is 11.1 Å². The summed E-state index contributed by atoms with van der Waals surface area (Å²) in [7, 11) is 1.71. The first-order valence-corrected chi connectivity index (χ1v) is 7.66. The van der Waals surface area contributed by atoms with Gasteiger partial charge in [0.1, 0.15) is 0 Å². The number of carboxylic acids is 1. The van der Waals surface area contributed by atoms with Crippen LogP contribution in [0.2, 0.25) is 0 Å². The largest absolute Gasteiger partial charge is 0.481 e. The van der Waals surface area contributed by atoms with Gasteiger partial charge in [-0.1, -0.05) is 54.6 Å². The first-order chi connectivity index (χ1) is 11.1. The zero-order chi connectivity index (χ0) is 16.7. The first-order valence-electron chi connectivity index (χ1n) is 7.66. The van der Waals surface area contributed by atoms with Crippen LogP contribution in [0.1, 0.15) is 18.4 Å². The van der Waals surface area contributed by atoms with Crippen molar-refractivity contribution >= 4 is 11.9 Å². The number of benzene rings is 2. The molecule has 2 aromatic rings. The number of hydrogen-bond donors (Lipinski definition) is 1. The molecular weight excluding hydrogens is 290 g/mol. The van der Waals surface area contributed by atoms with E-state index in [4.69, 9.17) is 5.11 Å². The van der Waals surface area contributed by atoms with Crippen LogP contribution in [-0.2, 0) is 16.0 Å². The van der Waals surface area contributed by atoms with Gasteiger partial charge in [0.05, 0.1) is 6.42 Å². The SMILES string of the molecule is CN(CCCC(=O)O)C(=O)Cc1ccc(-c2ccccc2)cc1. The third kappa shape index (κ3) is 5.25. The van der Waals surface area contributed by atoms with Gasteiger partial charge in [-0.05, 0) is 23.1 Å². The minimum Gasteiger partial charge on any atom is -0.481 e. The van der Waals surface area contributed by atoms with E-state index in [2.05, 4.69) is 12.1 Å². The monoisotopic (exact) mass is 311 g/mol. The molecule has 0 aliphatic heterocycles. The predicted molar refractivity (Wildman–Crippen MR) is 90.1 cm³/mol. The molecule has 0 fully saturated rings. The van der Waals surface area contributed by atoms with Gasteiger partial charge in [0.25, 0.3) is 0 Å². The van der Waals surface area contributed by atoms with Gasteiger partial charge in [-0.15, -0.1) is 0 Å². The number of amides is 1. The highest BCUT2D eigenvalue weighted by Crippen LogP contribution is 2.19. The maximum absolute atomic E-state index is 12.1. The molecule has 23 heavy (non-hydrogen) atoms. The number of carbonyl (C=O) groups excluding carboxylic acids is 1. The molecular formula is C19H21NO3. The topological polar surface area (TPSA) is 57.6 Å². The van der Waals surface area contributed by atoms with Gasteiger partial charge in [0.2, 0.25) is 5.91 Å². The summed E-state index contributed by atoms with van der Waals surface area (Å²) in [5.74, 6) is -0.829. The molecule has 0 atom stereocenters. The van der Waals surface area contributed by atoms with Crippen molar-refractivity contribution in [3.63, 3.8) is 0 Å². The fourth-order valence-corrected chi connectivity index (χ4v) is 2.35. The van der Waals surface area contributed by atoms with E-state index in [9.17, 15) is 9.59 Å². The minimum atomic E-state index is -0.831. The van der Waals surface area contributed by atoms with Crippen LogP contribution >= 0.6 is 0 Å². The smallest absolute Gasteiger partial charge is 0.303 e. The van der Waals surface area contributed by atoms with Gasteiger partial charge in [0, 0.05) is 20.0 Å². The molecule has 2 rings (SSSR count). The van der Waals surface area contributed by atoms with Crippen LogP contribution in [0.4, 0.5) is 0 Å². The van der Waals surface area contributed by atoms with E-state index in [0.717, 1.165) is 16.7 Å². The van der Waals surface area contributed by atoms with E-state index in [1.165, 1.54) is 0 Å². The average molecular weight is 311 g/mol. The van der Waals surface area contributed by atoms with E-state index in [1.54, 1.807) is 11.9 Å². The van der Waals surface area contributed by atoms with Crippen LogP contribution in [0, 0.1) is 0 Å². The van der Waals surface area contributed by atoms with Crippen LogP contribution in [0.5, 0.6) is 0 Å². The normalized spacial score (nSPS) is 10.3. The van der Waals surface area contributed by atoms with Gasteiger partial charge < -0.3 is 10.0 Å². The highest BCUT2D eigenvalue weighted by molar-refractivity contribution is 5.79. The summed E-state index contributed by atoms with van der Waals surface area (Å²) in [6, 6.07) is 18.0. The summed E-state index contributed by atoms with van der Waals surface area (Å²) in [6.45, 7) is 0.466. The number of rotatable bonds is 7. The fraction of sp³-hybridized carbons (Fsp3) is 0.263. The lowest BCUT2D eigenvalue weighted by molar-refractivity contribution is -0.138. The molecule has 0 bridgehead atoms. The molecule has 1 N–H and O–H groups in total. The molecule has 0 aliphatic rings. The van der Waals surface area contributed by atoms with Crippen molar-refractivity contribution in [2.75, 3.05) is 13.6 Å². The van der Waals surface area contributed by atoms with E-state index >= 15 is 0 Å².